The number of Topliss-reactive ketones (excluding diaryl/α,β-unsaturated/α-hetero) is 1. The Balaban J connectivity index is 0. The second kappa shape index (κ2) is 12.5. The van der Waals surface area contributed by atoms with Crippen molar-refractivity contribution in [3.63, 3.8) is 0 Å². The van der Waals surface area contributed by atoms with Gasteiger partial charge >= 0.3 is 5.97 Å². The average molecular weight is 371 g/mol. The highest BCUT2D eigenvalue weighted by molar-refractivity contribution is 7.43. The number of ketones is 1. The fraction of sp³-hybridized carbons (Fsp3) is 0.846. The summed E-state index contributed by atoms with van der Waals surface area (Å²) >= 11 is 0. The molecule has 0 saturated carbocycles. The van der Waals surface area contributed by atoms with Gasteiger partial charge in [-0.1, -0.05) is 0 Å². The number of hydrogen-bond donors (Lipinski definition) is 4. The van der Waals surface area contributed by atoms with E-state index in [1.54, 1.807) is 0 Å². The molecular weight excluding hydrogens is 341 g/mol. The van der Waals surface area contributed by atoms with E-state index in [1.165, 1.54) is 0 Å². The predicted molar refractivity (Wildman–Crippen MR) is 86.4 cm³/mol. The van der Waals surface area contributed by atoms with Gasteiger partial charge in [0.25, 0.3) is 7.82 Å². The third kappa shape index (κ3) is 19.2. The second-order valence-corrected chi connectivity index (χ2v) is 7.14. The van der Waals surface area contributed by atoms with Crippen LogP contribution in [-0.4, -0.2) is 73.4 Å². The fourth-order valence-electron chi connectivity index (χ4n) is 1.55. The van der Waals surface area contributed by atoms with E-state index in [0.717, 1.165) is 0 Å². The molecule has 144 valence electrons. The Bertz CT molecular complexity index is 412. The minimum atomic E-state index is -4.89. The molecule has 0 fully saturated rings. The molecule has 0 aromatic rings. The molecule has 0 amide bonds. The quantitative estimate of drug-likeness (QED) is 0.146. The SMILES string of the molecule is C[N+](C)(C)CCOC(=O)C(CCN)C(=O)CCCN.O=P([O-])(O)O. The first-order chi connectivity index (χ1) is 10.8. The van der Waals surface area contributed by atoms with Crippen molar-refractivity contribution in [1.82, 2.24) is 0 Å². The Kier molecular flexibility index (Phi) is 13.2. The average Bonchev–Trinajstić information content (AvgIpc) is 2.38. The monoisotopic (exact) mass is 371 g/mol. The largest absolute Gasteiger partial charge is 0.756 e. The van der Waals surface area contributed by atoms with Gasteiger partial charge < -0.3 is 35.4 Å². The van der Waals surface area contributed by atoms with Crippen molar-refractivity contribution in [1.29, 1.82) is 0 Å². The molecule has 0 aliphatic carbocycles. The summed E-state index contributed by atoms with van der Waals surface area (Å²) in [7, 11) is 1.15. The Hall–Kier alpha value is -0.870. The molecule has 0 heterocycles. The summed E-state index contributed by atoms with van der Waals surface area (Å²) in [6.45, 7) is 1.76. The molecule has 10 nitrogen and oxygen atoms in total. The van der Waals surface area contributed by atoms with E-state index in [4.69, 9.17) is 35.4 Å². The number of nitrogens with two attached hydrogens (primary N) is 2. The molecule has 1 atom stereocenters. The number of rotatable bonds is 10. The second-order valence-electron chi connectivity index (χ2n) is 6.16. The lowest BCUT2D eigenvalue weighted by Gasteiger charge is -2.24. The molecule has 11 heteroatoms. The van der Waals surface area contributed by atoms with Crippen LogP contribution in [-0.2, 0) is 18.9 Å². The van der Waals surface area contributed by atoms with Crippen LogP contribution in [0.15, 0.2) is 0 Å². The minimum absolute atomic E-state index is 0.119. The zero-order valence-corrected chi connectivity index (χ0v) is 15.4. The van der Waals surface area contributed by atoms with Crippen LogP contribution in [0.5, 0.6) is 0 Å². The third-order valence-electron chi connectivity index (χ3n) is 2.76. The first-order valence-electron chi connectivity index (χ1n) is 7.48. The van der Waals surface area contributed by atoms with Crippen LogP contribution < -0.4 is 16.4 Å². The van der Waals surface area contributed by atoms with Gasteiger partial charge in [0.15, 0.2) is 0 Å². The lowest BCUT2D eigenvalue weighted by atomic mass is 9.97. The van der Waals surface area contributed by atoms with Crippen LogP contribution in [0.1, 0.15) is 19.3 Å². The van der Waals surface area contributed by atoms with Crippen LogP contribution in [0.25, 0.3) is 0 Å². The predicted octanol–water partition coefficient (Wildman–Crippen LogP) is -2.05. The van der Waals surface area contributed by atoms with Crippen molar-refractivity contribution >= 4 is 19.6 Å². The van der Waals surface area contributed by atoms with Gasteiger partial charge in [-0.25, -0.2) is 0 Å². The van der Waals surface area contributed by atoms with Gasteiger partial charge in [0.1, 0.15) is 24.9 Å². The first kappa shape index (κ1) is 25.4. The molecule has 0 aliphatic heterocycles. The summed E-state index contributed by atoms with van der Waals surface area (Å²) in [4.78, 5) is 46.7. The van der Waals surface area contributed by atoms with Gasteiger partial charge in [0.05, 0.1) is 21.1 Å². The molecule has 0 spiro atoms. The zero-order valence-electron chi connectivity index (χ0n) is 14.5. The van der Waals surface area contributed by atoms with Gasteiger partial charge in [-0.2, -0.15) is 0 Å². The van der Waals surface area contributed by atoms with Gasteiger partial charge in [-0.3, -0.25) is 14.2 Å². The summed E-state index contributed by atoms with van der Waals surface area (Å²) in [6.07, 6.45) is 1.24. The van der Waals surface area contributed by atoms with Crippen LogP contribution >= 0.6 is 7.82 Å². The van der Waals surface area contributed by atoms with Gasteiger partial charge in [-0.15, -0.1) is 0 Å². The molecule has 0 saturated heterocycles. The van der Waals surface area contributed by atoms with E-state index in [9.17, 15) is 9.59 Å². The van der Waals surface area contributed by atoms with Crippen molar-refractivity contribution in [2.24, 2.45) is 17.4 Å². The lowest BCUT2D eigenvalue weighted by molar-refractivity contribution is -0.870. The molecule has 0 bridgehead atoms. The highest BCUT2D eigenvalue weighted by Gasteiger charge is 2.27. The number of carbonyl (C=O) groups is 2. The molecule has 0 aliphatic rings. The smallest absolute Gasteiger partial charge is 0.316 e. The third-order valence-corrected chi connectivity index (χ3v) is 2.76. The number of quaternary nitrogens is 1. The Morgan fingerprint density at radius 1 is 1.21 bits per heavy atom. The molecular formula is C13H30N3O7P. The Morgan fingerprint density at radius 3 is 2.08 bits per heavy atom. The van der Waals surface area contributed by atoms with E-state index in [1.807, 2.05) is 21.1 Å². The number of ether oxygens (including phenoxy) is 1. The van der Waals surface area contributed by atoms with Crippen LogP contribution in [0, 0.1) is 5.92 Å². The summed E-state index contributed by atoms with van der Waals surface area (Å²) in [6, 6.07) is 0. The Morgan fingerprint density at radius 2 is 1.71 bits per heavy atom. The van der Waals surface area contributed by atoms with E-state index in [0.29, 0.717) is 50.0 Å². The number of hydrogen-bond acceptors (Lipinski definition) is 7. The maximum atomic E-state index is 11.9. The standard InChI is InChI=1S/C13H28N3O3.H3O4P/c1-16(2,3)9-10-19-13(18)11(6-8-15)12(17)5-4-7-14;1-5(2,3)4/h11H,4-10,14-15H2,1-3H3;(H3,1,2,3,4)/q+1;/p-1. The van der Waals surface area contributed by atoms with Gasteiger partial charge in [-0.05, 0) is 25.9 Å². The number of carbonyl (C=O) groups excluding carboxylic acids is 2. The van der Waals surface area contributed by atoms with Crippen LogP contribution in [0.4, 0.5) is 0 Å². The minimum Gasteiger partial charge on any atom is -0.756 e. The van der Waals surface area contributed by atoms with Crippen molar-refractivity contribution in [2.45, 2.75) is 19.3 Å². The zero-order chi connectivity index (χ0) is 19.4. The van der Waals surface area contributed by atoms with E-state index in [2.05, 4.69) is 0 Å². The topological polar surface area (TPSA) is 176 Å². The molecule has 1 unspecified atom stereocenters. The number of nitrogens with zero attached hydrogens (tertiary/aromatic N) is 1. The highest BCUT2D eigenvalue weighted by Crippen LogP contribution is 2.19. The van der Waals surface area contributed by atoms with Crippen molar-refractivity contribution in [3.8, 4) is 0 Å². The summed E-state index contributed by atoms with van der Waals surface area (Å²) in [5.74, 6) is -1.31. The highest BCUT2D eigenvalue weighted by atomic mass is 31.2. The molecule has 24 heavy (non-hydrogen) atoms. The molecule has 0 aromatic carbocycles. The maximum absolute atomic E-state index is 11.9. The first-order valence-corrected chi connectivity index (χ1v) is 9.01. The van der Waals surface area contributed by atoms with E-state index >= 15 is 0 Å². The number of likely N-dealkylation sites (N-methyl/N-ethyl adjacent to an activating group) is 1. The molecule has 0 aromatic heterocycles. The number of esters is 1. The Labute approximate surface area is 142 Å². The van der Waals surface area contributed by atoms with Gasteiger partial charge in [0, 0.05) is 6.42 Å². The lowest BCUT2D eigenvalue weighted by Crippen LogP contribution is -2.39. The van der Waals surface area contributed by atoms with E-state index < -0.39 is 19.7 Å². The normalized spacial score (nSPS) is 12.8. The van der Waals surface area contributed by atoms with Crippen LogP contribution in [0.3, 0.4) is 0 Å². The molecule has 6 N–H and O–H groups in total. The molecule has 0 radical (unpaired) electrons. The summed E-state index contributed by atoms with van der Waals surface area (Å²) in [5.41, 5.74) is 10.8. The fourth-order valence-corrected chi connectivity index (χ4v) is 1.55. The van der Waals surface area contributed by atoms with E-state index in [-0.39, 0.29) is 5.78 Å². The molecule has 0 rings (SSSR count). The van der Waals surface area contributed by atoms with Gasteiger partial charge in [0.2, 0.25) is 0 Å². The number of phosphoric acid groups is 1. The van der Waals surface area contributed by atoms with Crippen molar-refractivity contribution < 1.29 is 38.1 Å². The maximum Gasteiger partial charge on any atom is 0.316 e. The van der Waals surface area contributed by atoms with Crippen molar-refractivity contribution in [2.75, 3.05) is 47.4 Å². The summed E-state index contributed by atoms with van der Waals surface area (Å²) < 4.78 is 14.6. The van der Waals surface area contributed by atoms with Crippen LogP contribution in [0.2, 0.25) is 0 Å². The van der Waals surface area contributed by atoms with Crippen molar-refractivity contribution in [3.05, 3.63) is 0 Å². The summed E-state index contributed by atoms with van der Waals surface area (Å²) in [5, 5.41) is 0.